The first kappa shape index (κ1) is 32.2. The van der Waals surface area contributed by atoms with Crippen molar-refractivity contribution in [2.45, 2.75) is 50.7 Å². The summed E-state index contributed by atoms with van der Waals surface area (Å²) in [6.07, 6.45) is -0.638. The number of hydrogen-bond acceptors (Lipinski definition) is 6. The number of alkyl halides is 3. The number of amides is 1. The Bertz CT molecular complexity index is 1390. The van der Waals surface area contributed by atoms with E-state index in [0.29, 0.717) is 17.5 Å². The minimum atomic E-state index is -4.68. The molecule has 0 spiro atoms. The molecule has 1 aromatic carbocycles. The standard InChI is InChI=1S/C28H32ClF5N6OS/c1-3-10-42-40-9-8-35-14-18(40)5-6-19-23(31)15-36-16-25(19)37-27(41)12-20(17-4-7-21(29)22(30)11-17)24-13-26(28(32,33)34)39(2)38-24/h4,7,11,13,15-16,18,20,35H,3,5-6,8-10,12,14H2,1-2H3,(H,37,41). The predicted molar refractivity (Wildman–Crippen MR) is 153 cm³/mol. The molecule has 0 aliphatic carbocycles. The lowest BCUT2D eigenvalue weighted by Crippen LogP contribution is -2.48. The molecule has 3 aromatic rings. The van der Waals surface area contributed by atoms with Gasteiger partial charge in [0.05, 0.1) is 28.8 Å². The maximum atomic E-state index is 15.0. The van der Waals surface area contributed by atoms with Crippen LogP contribution in [0.1, 0.15) is 54.6 Å². The Morgan fingerprint density at radius 1 is 1.24 bits per heavy atom. The monoisotopic (exact) mass is 630 g/mol. The van der Waals surface area contributed by atoms with Crippen molar-refractivity contribution in [3.63, 3.8) is 0 Å². The molecule has 0 saturated carbocycles. The van der Waals surface area contributed by atoms with Gasteiger partial charge in [-0.15, -0.1) is 0 Å². The van der Waals surface area contributed by atoms with Crippen LogP contribution in [-0.2, 0) is 24.4 Å². The van der Waals surface area contributed by atoms with Crippen molar-refractivity contribution in [1.29, 1.82) is 0 Å². The fraction of sp³-hybridized carbons (Fsp3) is 0.464. The van der Waals surface area contributed by atoms with Crippen LogP contribution in [0.3, 0.4) is 0 Å². The molecule has 0 radical (unpaired) electrons. The van der Waals surface area contributed by atoms with Gasteiger partial charge in [0.15, 0.2) is 0 Å². The van der Waals surface area contributed by atoms with Gasteiger partial charge in [-0.3, -0.25) is 14.5 Å². The van der Waals surface area contributed by atoms with E-state index in [2.05, 4.69) is 31.9 Å². The Hall–Kier alpha value is -2.74. The molecule has 42 heavy (non-hydrogen) atoms. The number of hydrogen-bond donors (Lipinski definition) is 2. The molecule has 4 rings (SSSR count). The average Bonchev–Trinajstić information content (AvgIpc) is 3.34. The SMILES string of the molecule is CCCSN1CCNCC1CCc1c(F)cncc1NC(=O)CC(c1ccc(Cl)c(F)c1)c1cc(C(F)(F)F)n(C)n1. The number of carbonyl (C=O) groups excluding carboxylic acids is 1. The molecular weight excluding hydrogens is 599 g/mol. The zero-order chi connectivity index (χ0) is 30.4. The van der Waals surface area contributed by atoms with Gasteiger partial charge in [0.1, 0.15) is 17.3 Å². The summed E-state index contributed by atoms with van der Waals surface area (Å²) < 4.78 is 72.8. The highest BCUT2D eigenvalue weighted by atomic mass is 35.5. The van der Waals surface area contributed by atoms with Crippen LogP contribution in [0.25, 0.3) is 0 Å². The summed E-state index contributed by atoms with van der Waals surface area (Å²) in [7, 11) is 1.14. The number of benzene rings is 1. The molecule has 0 bridgehead atoms. The van der Waals surface area contributed by atoms with Gasteiger partial charge in [-0.25, -0.2) is 13.1 Å². The first-order valence-corrected chi connectivity index (χ1v) is 14.9. The molecule has 2 unspecified atom stereocenters. The van der Waals surface area contributed by atoms with Crippen molar-refractivity contribution in [3.8, 4) is 0 Å². The van der Waals surface area contributed by atoms with Crippen LogP contribution in [0, 0.1) is 11.6 Å². The second-order valence-electron chi connectivity index (χ2n) is 10.1. The smallest absolute Gasteiger partial charge is 0.324 e. The first-order valence-electron chi connectivity index (χ1n) is 13.6. The number of pyridine rings is 1. The fourth-order valence-corrected chi connectivity index (χ4v) is 6.08. The van der Waals surface area contributed by atoms with E-state index in [0.717, 1.165) is 57.2 Å². The summed E-state index contributed by atoms with van der Waals surface area (Å²) in [5.74, 6) is -2.03. The van der Waals surface area contributed by atoms with Crippen LogP contribution < -0.4 is 10.6 Å². The zero-order valence-electron chi connectivity index (χ0n) is 23.1. The average molecular weight is 631 g/mol. The van der Waals surface area contributed by atoms with Gasteiger partial charge < -0.3 is 10.6 Å². The molecule has 2 aromatic heterocycles. The van der Waals surface area contributed by atoms with Gasteiger partial charge in [-0.1, -0.05) is 36.5 Å². The van der Waals surface area contributed by atoms with Crippen molar-refractivity contribution >= 4 is 35.1 Å². The summed E-state index contributed by atoms with van der Waals surface area (Å²) in [5, 5.41) is 9.86. The molecule has 1 fully saturated rings. The lowest BCUT2D eigenvalue weighted by atomic mass is 9.91. The summed E-state index contributed by atoms with van der Waals surface area (Å²) in [4.78, 5) is 17.2. The first-order chi connectivity index (χ1) is 20.0. The molecule has 1 aliphatic heterocycles. The molecule has 1 saturated heterocycles. The van der Waals surface area contributed by atoms with Crippen LogP contribution in [0.2, 0.25) is 5.02 Å². The van der Waals surface area contributed by atoms with Gasteiger partial charge in [-0.2, -0.15) is 18.3 Å². The fourth-order valence-electron chi connectivity index (χ4n) is 4.94. The number of aryl methyl sites for hydroxylation is 1. The van der Waals surface area contributed by atoms with Gasteiger partial charge in [0.25, 0.3) is 0 Å². The van der Waals surface area contributed by atoms with Gasteiger partial charge in [-0.05, 0) is 43.0 Å². The van der Waals surface area contributed by atoms with Crippen molar-refractivity contribution in [2.75, 3.05) is 30.7 Å². The van der Waals surface area contributed by atoms with E-state index in [-0.39, 0.29) is 40.0 Å². The lowest BCUT2D eigenvalue weighted by Gasteiger charge is -2.35. The van der Waals surface area contributed by atoms with Crippen molar-refractivity contribution in [2.24, 2.45) is 7.05 Å². The molecule has 14 heteroatoms. The van der Waals surface area contributed by atoms with Crippen molar-refractivity contribution in [3.05, 3.63) is 75.8 Å². The zero-order valence-corrected chi connectivity index (χ0v) is 24.7. The summed E-state index contributed by atoms with van der Waals surface area (Å²) in [6.45, 7) is 4.61. The van der Waals surface area contributed by atoms with E-state index in [9.17, 15) is 26.7 Å². The summed E-state index contributed by atoms with van der Waals surface area (Å²) in [6, 6.07) is 4.77. The quantitative estimate of drug-likeness (QED) is 0.194. The number of piperazine rings is 1. The third-order valence-corrected chi connectivity index (χ3v) is 8.76. The van der Waals surface area contributed by atoms with Crippen LogP contribution >= 0.6 is 23.5 Å². The second kappa shape index (κ2) is 14.2. The molecule has 2 N–H and O–H groups in total. The van der Waals surface area contributed by atoms with Crippen LogP contribution in [-0.4, -0.2) is 56.4 Å². The van der Waals surface area contributed by atoms with Crippen LogP contribution in [0.5, 0.6) is 0 Å². The molecule has 3 heterocycles. The Morgan fingerprint density at radius 2 is 2.02 bits per heavy atom. The topological polar surface area (TPSA) is 75.1 Å². The molecular formula is C28H32ClF5N6OS. The second-order valence-corrected chi connectivity index (χ2v) is 11.6. The minimum absolute atomic E-state index is 0.0752. The number of anilines is 1. The summed E-state index contributed by atoms with van der Waals surface area (Å²) >= 11 is 7.58. The van der Waals surface area contributed by atoms with E-state index >= 15 is 0 Å². The Labute approximate surface area is 250 Å². The maximum Gasteiger partial charge on any atom is 0.433 e. The summed E-state index contributed by atoms with van der Waals surface area (Å²) in [5.41, 5.74) is -0.415. The van der Waals surface area contributed by atoms with E-state index < -0.39 is 35.3 Å². The Balaban J connectivity index is 1.55. The normalized spacial score (nSPS) is 16.9. The number of halogens is 6. The highest BCUT2D eigenvalue weighted by molar-refractivity contribution is 7.97. The predicted octanol–water partition coefficient (Wildman–Crippen LogP) is 6.19. The van der Waals surface area contributed by atoms with Gasteiger partial charge in [0, 0.05) is 56.4 Å². The third-order valence-electron chi connectivity index (χ3n) is 7.05. The Morgan fingerprint density at radius 3 is 2.71 bits per heavy atom. The highest BCUT2D eigenvalue weighted by Crippen LogP contribution is 2.35. The number of nitrogens with zero attached hydrogens (tertiary/aromatic N) is 4. The van der Waals surface area contributed by atoms with Crippen LogP contribution in [0.4, 0.5) is 27.6 Å². The largest absolute Gasteiger partial charge is 0.433 e. The van der Waals surface area contributed by atoms with E-state index in [1.807, 2.05) is 0 Å². The van der Waals surface area contributed by atoms with Gasteiger partial charge in [0.2, 0.25) is 5.91 Å². The van der Waals surface area contributed by atoms with E-state index in [4.69, 9.17) is 11.6 Å². The molecule has 228 valence electrons. The maximum absolute atomic E-state index is 15.0. The van der Waals surface area contributed by atoms with E-state index in [1.165, 1.54) is 18.3 Å². The molecule has 2 atom stereocenters. The molecule has 7 nitrogen and oxygen atoms in total. The van der Waals surface area contributed by atoms with Gasteiger partial charge >= 0.3 is 6.18 Å². The van der Waals surface area contributed by atoms with Crippen LogP contribution in [0.15, 0.2) is 36.7 Å². The molecule has 1 aliphatic rings. The Kier molecular flexibility index (Phi) is 10.8. The number of carbonyl (C=O) groups is 1. The molecule has 1 amide bonds. The van der Waals surface area contributed by atoms with E-state index in [1.54, 1.807) is 11.9 Å². The highest BCUT2D eigenvalue weighted by Gasteiger charge is 2.36. The number of aromatic nitrogens is 3. The number of nitrogens with one attached hydrogen (secondary N) is 2. The minimum Gasteiger partial charge on any atom is -0.324 e. The van der Waals surface area contributed by atoms with Crippen molar-refractivity contribution < 1.29 is 26.7 Å². The lowest BCUT2D eigenvalue weighted by molar-refractivity contribution is -0.143. The number of rotatable bonds is 11. The van der Waals surface area contributed by atoms with Crippen molar-refractivity contribution in [1.82, 2.24) is 24.4 Å². The third kappa shape index (κ3) is 8.00.